The fourth-order valence-corrected chi connectivity index (χ4v) is 2.61. The number of nitrogens with zero attached hydrogens (tertiary/aromatic N) is 2. The van der Waals surface area contributed by atoms with E-state index in [1.54, 1.807) is 6.20 Å². The van der Waals surface area contributed by atoms with Crippen molar-refractivity contribution < 1.29 is 5.11 Å². The van der Waals surface area contributed by atoms with Crippen molar-refractivity contribution in [1.29, 1.82) is 0 Å². The number of aryl methyl sites for hydroxylation is 1. The molecule has 0 saturated heterocycles. The Morgan fingerprint density at radius 3 is 2.94 bits per heavy atom. The summed E-state index contributed by atoms with van der Waals surface area (Å²) in [5, 5.41) is 14.5. The Balaban J connectivity index is 2.35. The van der Waals surface area contributed by atoms with Gasteiger partial charge in [-0.2, -0.15) is 5.10 Å². The maximum Gasteiger partial charge on any atom is 0.108 e. The predicted molar refractivity (Wildman–Crippen MR) is 78.8 cm³/mol. The number of aliphatic hydroxyl groups excluding tert-OH is 1. The smallest absolute Gasteiger partial charge is 0.108 e. The van der Waals surface area contributed by atoms with Crippen LogP contribution in [0.25, 0.3) is 0 Å². The van der Waals surface area contributed by atoms with Crippen LogP contribution in [0.3, 0.4) is 0 Å². The van der Waals surface area contributed by atoms with Crippen molar-refractivity contribution in [2.24, 2.45) is 0 Å². The zero-order valence-electron chi connectivity index (χ0n) is 9.27. The van der Waals surface area contributed by atoms with Gasteiger partial charge < -0.3 is 5.11 Å². The van der Waals surface area contributed by atoms with Gasteiger partial charge in [-0.3, -0.25) is 4.68 Å². The van der Waals surface area contributed by atoms with Crippen LogP contribution in [0, 0.1) is 3.57 Å². The molecule has 1 unspecified atom stereocenters. The van der Waals surface area contributed by atoms with Crippen molar-refractivity contribution in [3.8, 4) is 0 Å². The molecule has 90 valence electrons. The van der Waals surface area contributed by atoms with Crippen LogP contribution in [-0.2, 0) is 6.54 Å². The second-order valence-corrected chi connectivity index (χ2v) is 5.78. The molecule has 1 aromatic heterocycles. The summed E-state index contributed by atoms with van der Waals surface area (Å²) >= 11 is 5.65. The Morgan fingerprint density at radius 1 is 1.53 bits per heavy atom. The van der Waals surface area contributed by atoms with Gasteiger partial charge in [-0.15, -0.1) is 0 Å². The van der Waals surface area contributed by atoms with Crippen LogP contribution in [0.4, 0.5) is 0 Å². The van der Waals surface area contributed by atoms with Gasteiger partial charge in [-0.05, 0) is 53.3 Å². The van der Waals surface area contributed by atoms with Crippen molar-refractivity contribution in [3.63, 3.8) is 0 Å². The third-order valence-corrected chi connectivity index (χ3v) is 4.02. The van der Waals surface area contributed by atoms with Crippen LogP contribution < -0.4 is 0 Å². The van der Waals surface area contributed by atoms with E-state index in [4.69, 9.17) is 0 Å². The largest absolute Gasteiger partial charge is 0.384 e. The number of aromatic nitrogens is 2. The molecule has 0 aliphatic rings. The highest BCUT2D eigenvalue weighted by Crippen LogP contribution is 2.28. The van der Waals surface area contributed by atoms with E-state index in [9.17, 15) is 5.11 Å². The second-order valence-electron chi connectivity index (χ2n) is 3.70. The van der Waals surface area contributed by atoms with Crippen LogP contribution in [-0.4, -0.2) is 14.9 Å². The van der Waals surface area contributed by atoms with Crippen LogP contribution in [0.2, 0.25) is 0 Å². The number of hydrogen-bond acceptors (Lipinski definition) is 2. The molecule has 1 atom stereocenters. The van der Waals surface area contributed by atoms with Crippen molar-refractivity contribution in [3.05, 3.63) is 49.8 Å². The highest BCUT2D eigenvalue weighted by molar-refractivity contribution is 14.1. The molecule has 0 aliphatic carbocycles. The van der Waals surface area contributed by atoms with Gasteiger partial charge in [0.2, 0.25) is 0 Å². The Bertz CT molecular complexity index is 527. The molecule has 2 aromatic rings. The van der Waals surface area contributed by atoms with Crippen molar-refractivity contribution >= 4 is 38.5 Å². The minimum Gasteiger partial charge on any atom is -0.384 e. The monoisotopic (exact) mass is 406 g/mol. The summed E-state index contributed by atoms with van der Waals surface area (Å²) < 4.78 is 3.82. The summed E-state index contributed by atoms with van der Waals surface area (Å²) in [5.41, 5.74) is 1.72. The lowest BCUT2D eigenvalue weighted by Gasteiger charge is -2.11. The van der Waals surface area contributed by atoms with Crippen LogP contribution in [0.15, 0.2) is 35.1 Å². The average Bonchev–Trinajstić information content (AvgIpc) is 2.80. The van der Waals surface area contributed by atoms with E-state index < -0.39 is 6.10 Å². The summed E-state index contributed by atoms with van der Waals surface area (Å²) in [4.78, 5) is 0. The summed E-state index contributed by atoms with van der Waals surface area (Å²) in [7, 11) is 0. The lowest BCUT2D eigenvalue weighted by molar-refractivity contribution is 0.219. The van der Waals surface area contributed by atoms with Gasteiger partial charge in [-0.25, -0.2) is 0 Å². The van der Waals surface area contributed by atoms with E-state index in [0.717, 1.165) is 25.7 Å². The van der Waals surface area contributed by atoms with Crippen LogP contribution in [0.1, 0.15) is 24.2 Å². The number of benzene rings is 1. The molecule has 0 spiro atoms. The lowest BCUT2D eigenvalue weighted by atomic mass is 10.1. The molecule has 0 radical (unpaired) electrons. The Hall–Kier alpha value is -0.400. The molecular formula is C12H12BrIN2O. The van der Waals surface area contributed by atoms with Gasteiger partial charge in [0.05, 0.1) is 6.20 Å². The average molecular weight is 407 g/mol. The molecule has 0 fully saturated rings. The third kappa shape index (κ3) is 2.89. The fourth-order valence-electron chi connectivity index (χ4n) is 1.60. The fraction of sp³-hybridized carbons (Fsp3) is 0.250. The molecule has 0 bridgehead atoms. The first-order chi connectivity index (χ1) is 8.11. The maximum absolute atomic E-state index is 10.3. The van der Waals surface area contributed by atoms with E-state index in [0.29, 0.717) is 0 Å². The minimum absolute atomic E-state index is 0.625. The number of halogens is 2. The maximum atomic E-state index is 10.3. The number of hydrogen-bond donors (Lipinski definition) is 1. The second kappa shape index (κ2) is 5.49. The topological polar surface area (TPSA) is 38.0 Å². The molecular weight excluding hydrogens is 395 g/mol. The van der Waals surface area contributed by atoms with Crippen LogP contribution >= 0.6 is 38.5 Å². The first-order valence-electron chi connectivity index (χ1n) is 5.27. The summed E-state index contributed by atoms with van der Waals surface area (Å²) in [6.07, 6.45) is 2.96. The first-order valence-corrected chi connectivity index (χ1v) is 7.14. The summed E-state index contributed by atoms with van der Waals surface area (Å²) in [5.74, 6) is 0. The number of rotatable bonds is 3. The van der Waals surface area contributed by atoms with Crippen LogP contribution in [0.5, 0.6) is 0 Å². The standard InChI is InChI=1S/C12H12BrIN2O/c1-2-16-7-8(6-15-16)12(17)10-5-9(13)3-4-11(10)14/h3-7,12,17H,2H2,1H3. The van der Waals surface area contributed by atoms with Gasteiger partial charge in [-0.1, -0.05) is 15.9 Å². The summed E-state index contributed by atoms with van der Waals surface area (Å²) in [6.45, 7) is 2.83. The van der Waals surface area contributed by atoms with Gasteiger partial charge in [0.1, 0.15) is 6.10 Å². The van der Waals surface area contributed by atoms with E-state index >= 15 is 0 Å². The van der Waals surface area contributed by atoms with Gasteiger partial charge in [0, 0.05) is 26.3 Å². The zero-order valence-corrected chi connectivity index (χ0v) is 13.0. The Labute approximate surface area is 122 Å². The van der Waals surface area contributed by atoms with Gasteiger partial charge >= 0.3 is 0 Å². The van der Waals surface area contributed by atoms with E-state index in [-0.39, 0.29) is 0 Å². The Kier molecular flexibility index (Phi) is 4.22. The quantitative estimate of drug-likeness (QED) is 0.793. The highest BCUT2D eigenvalue weighted by atomic mass is 127. The molecule has 0 amide bonds. The molecule has 1 heterocycles. The molecule has 1 aromatic carbocycles. The molecule has 2 rings (SSSR count). The SMILES string of the molecule is CCn1cc(C(O)c2cc(Br)ccc2I)cn1. The van der Waals surface area contributed by atoms with Gasteiger partial charge in [0.15, 0.2) is 0 Å². The molecule has 1 N–H and O–H groups in total. The third-order valence-electron chi connectivity index (χ3n) is 2.55. The lowest BCUT2D eigenvalue weighted by Crippen LogP contribution is -2.01. The number of aliphatic hydroxyl groups is 1. The molecule has 0 saturated carbocycles. The summed E-state index contributed by atoms with van der Waals surface area (Å²) in [6, 6.07) is 5.89. The molecule has 3 nitrogen and oxygen atoms in total. The molecule has 0 aliphatic heterocycles. The van der Waals surface area contributed by atoms with Crippen molar-refractivity contribution in [2.45, 2.75) is 19.6 Å². The highest BCUT2D eigenvalue weighted by Gasteiger charge is 2.15. The Morgan fingerprint density at radius 2 is 2.29 bits per heavy atom. The minimum atomic E-state index is -0.625. The van der Waals surface area contributed by atoms with Crippen molar-refractivity contribution in [1.82, 2.24) is 9.78 Å². The van der Waals surface area contributed by atoms with E-state index in [1.807, 2.05) is 36.0 Å². The predicted octanol–water partition coefficient (Wildman–Crippen LogP) is 3.35. The van der Waals surface area contributed by atoms with E-state index in [2.05, 4.69) is 43.6 Å². The van der Waals surface area contributed by atoms with E-state index in [1.165, 1.54) is 0 Å². The molecule has 5 heteroatoms. The van der Waals surface area contributed by atoms with Crippen molar-refractivity contribution in [2.75, 3.05) is 0 Å². The van der Waals surface area contributed by atoms with Gasteiger partial charge in [0.25, 0.3) is 0 Å². The normalized spacial score (nSPS) is 12.7. The molecule has 17 heavy (non-hydrogen) atoms. The zero-order chi connectivity index (χ0) is 12.4. The first kappa shape index (κ1) is 13.0.